The molecule has 1 aliphatic heterocycles. The van der Waals surface area contributed by atoms with Gasteiger partial charge in [0.1, 0.15) is 23.6 Å². The zero-order valence-corrected chi connectivity index (χ0v) is 15.0. The fraction of sp³-hybridized carbons (Fsp3) is 0.333. The Labute approximate surface area is 157 Å². The SMILES string of the molecule is O=CCC1CCC(c2nc3c([nH]2)-c2ccncc2Nc2ncccc2-3)CC1. The normalized spacial score (nSPS) is 20.6. The number of imidazole rings is 1. The number of nitrogens with one attached hydrogen (secondary N) is 2. The highest BCUT2D eigenvalue weighted by molar-refractivity contribution is 5.94. The van der Waals surface area contributed by atoms with Crippen molar-refractivity contribution in [2.75, 3.05) is 5.32 Å². The van der Waals surface area contributed by atoms with Crippen LogP contribution in [-0.2, 0) is 4.79 Å². The average molecular weight is 359 g/mol. The molecule has 5 rings (SSSR count). The number of pyridine rings is 2. The van der Waals surface area contributed by atoms with Gasteiger partial charge in [-0.3, -0.25) is 4.98 Å². The molecule has 3 aromatic rings. The van der Waals surface area contributed by atoms with Gasteiger partial charge in [0, 0.05) is 35.9 Å². The summed E-state index contributed by atoms with van der Waals surface area (Å²) in [6.45, 7) is 0. The number of nitrogens with zero attached hydrogens (tertiary/aromatic N) is 3. The van der Waals surface area contributed by atoms with Gasteiger partial charge in [0.15, 0.2) is 0 Å². The summed E-state index contributed by atoms with van der Waals surface area (Å²) in [7, 11) is 0. The average Bonchev–Trinajstić information content (AvgIpc) is 3.10. The second-order valence-electron chi connectivity index (χ2n) is 7.41. The van der Waals surface area contributed by atoms with Crippen molar-refractivity contribution >= 4 is 17.8 Å². The predicted molar refractivity (Wildman–Crippen MR) is 104 cm³/mol. The van der Waals surface area contributed by atoms with Crippen molar-refractivity contribution in [2.24, 2.45) is 5.92 Å². The first-order chi connectivity index (χ1) is 13.3. The summed E-state index contributed by atoms with van der Waals surface area (Å²) in [5, 5.41) is 3.39. The summed E-state index contributed by atoms with van der Waals surface area (Å²) in [5.74, 6) is 2.80. The first-order valence-corrected chi connectivity index (χ1v) is 9.54. The number of aldehydes is 1. The molecule has 1 aliphatic carbocycles. The van der Waals surface area contributed by atoms with E-state index in [9.17, 15) is 4.79 Å². The largest absolute Gasteiger partial charge is 0.341 e. The minimum absolute atomic E-state index is 0.415. The second kappa shape index (κ2) is 6.61. The second-order valence-corrected chi connectivity index (χ2v) is 7.41. The maximum Gasteiger partial charge on any atom is 0.139 e. The van der Waals surface area contributed by atoms with Crippen molar-refractivity contribution in [3.8, 4) is 22.5 Å². The smallest absolute Gasteiger partial charge is 0.139 e. The van der Waals surface area contributed by atoms with Gasteiger partial charge in [-0.1, -0.05) is 0 Å². The van der Waals surface area contributed by atoms with E-state index >= 15 is 0 Å². The molecular weight excluding hydrogens is 338 g/mol. The van der Waals surface area contributed by atoms with Gasteiger partial charge >= 0.3 is 0 Å². The standard InChI is InChI=1S/C21H21N5O/c27-11-8-13-3-5-14(6-4-13)20-25-18-15-7-10-22-12-17(15)24-21-16(19(18)26-20)2-1-9-23-21/h1-2,7,9-14H,3-6,8H2,(H,23,24)(H,25,26). The lowest BCUT2D eigenvalue weighted by molar-refractivity contribution is -0.108. The maximum absolute atomic E-state index is 10.8. The van der Waals surface area contributed by atoms with E-state index in [1.807, 2.05) is 18.3 Å². The quantitative estimate of drug-likeness (QED) is 0.528. The molecule has 0 bridgehead atoms. The third-order valence-corrected chi connectivity index (χ3v) is 5.79. The van der Waals surface area contributed by atoms with Crippen LogP contribution in [0.3, 0.4) is 0 Å². The number of H-pyrrole nitrogens is 1. The number of fused-ring (bicyclic) bond motifs is 5. The van der Waals surface area contributed by atoms with Crippen LogP contribution >= 0.6 is 0 Å². The summed E-state index contributed by atoms with van der Waals surface area (Å²) in [6, 6.07) is 6.01. The summed E-state index contributed by atoms with van der Waals surface area (Å²) in [4.78, 5) is 28.2. The lowest BCUT2D eigenvalue weighted by atomic mass is 9.80. The van der Waals surface area contributed by atoms with Crippen LogP contribution in [0.1, 0.15) is 43.8 Å². The van der Waals surface area contributed by atoms with Gasteiger partial charge in [0.25, 0.3) is 0 Å². The fourth-order valence-electron chi connectivity index (χ4n) is 4.32. The van der Waals surface area contributed by atoms with Gasteiger partial charge in [0.2, 0.25) is 0 Å². The Bertz CT molecular complexity index is 925. The first-order valence-electron chi connectivity index (χ1n) is 9.54. The molecule has 0 unspecified atom stereocenters. The Morgan fingerprint density at radius 2 is 2.00 bits per heavy atom. The molecule has 0 aromatic carbocycles. The van der Waals surface area contributed by atoms with Crippen LogP contribution in [0, 0.1) is 5.92 Å². The molecule has 2 N–H and O–H groups in total. The first kappa shape index (κ1) is 16.2. The topological polar surface area (TPSA) is 83.6 Å². The van der Waals surface area contributed by atoms with Crippen LogP contribution in [0.25, 0.3) is 22.5 Å². The van der Waals surface area contributed by atoms with Crippen LogP contribution in [0.2, 0.25) is 0 Å². The van der Waals surface area contributed by atoms with Crippen LogP contribution in [0.4, 0.5) is 11.5 Å². The van der Waals surface area contributed by atoms with Crippen LogP contribution in [0.15, 0.2) is 36.8 Å². The van der Waals surface area contributed by atoms with Crippen LogP contribution in [-0.4, -0.2) is 26.2 Å². The maximum atomic E-state index is 10.8. The van der Waals surface area contributed by atoms with Crippen molar-refractivity contribution in [2.45, 2.75) is 38.0 Å². The summed E-state index contributed by atoms with van der Waals surface area (Å²) in [6.07, 6.45) is 11.5. The van der Waals surface area contributed by atoms with Crippen LogP contribution in [0.5, 0.6) is 0 Å². The van der Waals surface area contributed by atoms with E-state index in [0.29, 0.717) is 18.3 Å². The van der Waals surface area contributed by atoms with E-state index in [4.69, 9.17) is 4.98 Å². The van der Waals surface area contributed by atoms with E-state index < -0.39 is 0 Å². The molecule has 0 saturated heterocycles. The van der Waals surface area contributed by atoms with E-state index in [2.05, 4.69) is 26.3 Å². The third kappa shape index (κ3) is 2.81. The molecule has 0 atom stereocenters. The monoisotopic (exact) mass is 359 g/mol. The third-order valence-electron chi connectivity index (χ3n) is 5.79. The van der Waals surface area contributed by atoms with Gasteiger partial charge in [-0.05, 0) is 49.8 Å². The molecule has 1 fully saturated rings. The minimum Gasteiger partial charge on any atom is -0.341 e. The Hall–Kier alpha value is -3.02. The minimum atomic E-state index is 0.415. The molecule has 0 amide bonds. The van der Waals surface area contributed by atoms with Crippen LogP contribution < -0.4 is 5.32 Å². The number of rotatable bonds is 3. The zero-order chi connectivity index (χ0) is 18.2. The number of hydrogen-bond donors (Lipinski definition) is 2. The summed E-state index contributed by atoms with van der Waals surface area (Å²) in [5.41, 5.74) is 4.96. The van der Waals surface area contributed by atoms with E-state index in [0.717, 1.165) is 71.8 Å². The Morgan fingerprint density at radius 1 is 1.11 bits per heavy atom. The summed E-state index contributed by atoms with van der Waals surface area (Å²) >= 11 is 0. The number of carbonyl (C=O) groups excluding carboxylic acids is 1. The Morgan fingerprint density at radius 3 is 2.85 bits per heavy atom. The van der Waals surface area contributed by atoms with Crippen molar-refractivity contribution in [3.63, 3.8) is 0 Å². The lowest BCUT2D eigenvalue weighted by Crippen LogP contribution is -2.14. The van der Waals surface area contributed by atoms with E-state index in [-0.39, 0.29) is 0 Å². The van der Waals surface area contributed by atoms with Gasteiger partial charge in [-0.25, -0.2) is 9.97 Å². The molecule has 3 aromatic heterocycles. The van der Waals surface area contributed by atoms with Crippen molar-refractivity contribution in [3.05, 3.63) is 42.6 Å². The van der Waals surface area contributed by atoms with Gasteiger partial charge < -0.3 is 15.1 Å². The van der Waals surface area contributed by atoms with Crippen molar-refractivity contribution in [1.29, 1.82) is 0 Å². The number of anilines is 2. The van der Waals surface area contributed by atoms with Gasteiger partial charge in [-0.2, -0.15) is 0 Å². The molecular formula is C21H21N5O. The molecule has 6 nitrogen and oxygen atoms in total. The molecule has 1 saturated carbocycles. The van der Waals surface area contributed by atoms with E-state index in [1.54, 1.807) is 12.4 Å². The highest BCUT2D eigenvalue weighted by Gasteiger charge is 2.28. The highest BCUT2D eigenvalue weighted by atomic mass is 16.1. The van der Waals surface area contributed by atoms with Gasteiger partial charge in [-0.15, -0.1) is 0 Å². The number of aromatic nitrogens is 4. The van der Waals surface area contributed by atoms with Gasteiger partial charge in [0.05, 0.1) is 17.6 Å². The van der Waals surface area contributed by atoms with Crippen molar-refractivity contribution < 1.29 is 4.79 Å². The van der Waals surface area contributed by atoms with Crippen molar-refractivity contribution in [1.82, 2.24) is 19.9 Å². The predicted octanol–water partition coefficient (Wildman–Crippen LogP) is 4.45. The summed E-state index contributed by atoms with van der Waals surface area (Å²) < 4.78 is 0. The lowest BCUT2D eigenvalue weighted by Gasteiger charge is -2.26. The number of aromatic amines is 1. The molecule has 0 spiro atoms. The Balaban J connectivity index is 1.56. The Kier molecular flexibility index (Phi) is 3.96. The zero-order valence-electron chi connectivity index (χ0n) is 15.0. The molecule has 4 heterocycles. The van der Waals surface area contributed by atoms with E-state index in [1.165, 1.54) is 0 Å². The molecule has 27 heavy (non-hydrogen) atoms. The molecule has 2 aliphatic rings. The fourth-order valence-corrected chi connectivity index (χ4v) is 4.32. The molecule has 0 radical (unpaired) electrons. The molecule has 6 heteroatoms. The molecule has 136 valence electrons. The number of carbonyl (C=O) groups is 1. The number of hydrogen-bond acceptors (Lipinski definition) is 5. The highest BCUT2D eigenvalue weighted by Crippen LogP contribution is 2.44.